The van der Waals surface area contributed by atoms with Crippen molar-refractivity contribution in [3.63, 3.8) is 0 Å². The van der Waals surface area contributed by atoms with Crippen LogP contribution in [0.3, 0.4) is 0 Å². The number of amides is 2. The maximum Gasteiger partial charge on any atom is 0.327 e. The Morgan fingerprint density at radius 2 is 1.81 bits per heavy atom. The number of rotatable bonds is 10. The Balaban J connectivity index is 1.30. The molecular weight excluding hydrogens is 536 g/mol. The van der Waals surface area contributed by atoms with E-state index in [1.165, 1.54) is 11.2 Å². The number of carbonyl (C=O) groups is 1. The molecule has 2 N–H and O–H groups in total. The van der Waals surface area contributed by atoms with Gasteiger partial charge in [-0.15, -0.1) is 0 Å². The molecule has 0 aliphatic rings. The van der Waals surface area contributed by atoms with E-state index >= 15 is 0 Å². The van der Waals surface area contributed by atoms with Crippen LogP contribution in [0.2, 0.25) is 0 Å². The first-order chi connectivity index (χ1) is 20.4. The van der Waals surface area contributed by atoms with Gasteiger partial charge in [-0.1, -0.05) is 12.1 Å². The molecule has 5 rings (SSSR count). The fourth-order valence-corrected chi connectivity index (χ4v) is 4.57. The number of hydrogen-bond acceptors (Lipinski definition) is 9. The van der Waals surface area contributed by atoms with Gasteiger partial charge in [0.1, 0.15) is 29.5 Å². The fraction of sp³-hybridized carbons (Fsp3) is 0.233. The van der Waals surface area contributed by atoms with Crippen molar-refractivity contribution in [3.8, 4) is 17.4 Å². The number of nitrogens with one attached hydrogen (secondary N) is 2. The van der Waals surface area contributed by atoms with Gasteiger partial charge in [-0.05, 0) is 37.3 Å². The number of methoxy groups -OCH3 is 3. The Kier molecular flexibility index (Phi) is 8.32. The van der Waals surface area contributed by atoms with Gasteiger partial charge >= 0.3 is 6.03 Å². The molecule has 3 heterocycles. The lowest BCUT2D eigenvalue weighted by Crippen LogP contribution is -2.32. The average Bonchev–Trinajstić information content (AvgIpc) is 3.34. The van der Waals surface area contributed by atoms with Gasteiger partial charge in [-0.3, -0.25) is 9.58 Å². The second-order valence-corrected chi connectivity index (χ2v) is 9.40. The van der Waals surface area contributed by atoms with E-state index in [-0.39, 0.29) is 6.03 Å². The lowest BCUT2D eigenvalue weighted by Gasteiger charge is -2.18. The minimum atomic E-state index is -0.356. The molecule has 2 amide bonds. The van der Waals surface area contributed by atoms with E-state index in [9.17, 15) is 4.79 Å². The van der Waals surface area contributed by atoms with Crippen LogP contribution in [-0.2, 0) is 13.1 Å². The zero-order valence-corrected chi connectivity index (χ0v) is 24.1. The van der Waals surface area contributed by atoms with Crippen LogP contribution in [0.25, 0.3) is 10.9 Å². The molecule has 0 unspecified atom stereocenters. The van der Waals surface area contributed by atoms with E-state index in [1.54, 1.807) is 40.5 Å². The highest BCUT2D eigenvalue weighted by atomic mass is 16.5. The third-order valence-corrected chi connectivity index (χ3v) is 6.75. The van der Waals surface area contributed by atoms with Crippen LogP contribution in [-0.4, -0.2) is 59.1 Å². The number of urea groups is 1. The first-order valence-corrected chi connectivity index (χ1v) is 13.2. The van der Waals surface area contributed by atoms with Crippen LogP contribution in [0, 0.1) is 6.92 Å². The molecule has 5 aromatic rings. The largest absolute Gasteiger partial charge is 0.497 e. The molecule has 2 aromatic carbocycles. The van der Waals surface area contributed by atoms with Crippen molar-refractivity contribution in [2.24, 2.45) is 0 Å². The van der Waals surface area contributed by atoms with Crippen molar-refractivity contribution in [1.29, 1.82) is 0 Å². The molecule has 0 aliphatic heterocycles. The van der Waals surface area contributed by atoms with Gasteiger partial charge < -0.3 is 24.8 Å². The standard InChI is InChI=1S/C30H32N8O4/c1-19-29-23(9-7-10-24(29)38(36-19)17-21-8-6-11-28(34-21)42-5)35-30(39)37(2)27-15-26(32-18-33-27)31-16-20-12-13-22(40-3)14-25(20)41-4/h6-15,18H,16-17H2,1-5H3,(H,35,39)(H,31,32,33). The fourth-order valence-electron chi connectivity index (χ4n) is 4.57. The lowest BCUT2D eigenvalue weighted by atomic mass is 10.1. The maximum atomic E-state index is 13.3. The lowest BCUT2D eigenvalue weighted by molar-refractivity contribution is 0.258. The summed E-state index contributed by atoms with van der Waals surface area (Å²) in [5.41, 5.74) is 4.04. The molecule has 0 saturated heterocycles. The third kappa shape index (κ3) is 6.02. The quantitative estimate of drug-likeness (QED) is 0.242. The predicted molar refractivity (Wildman–Crippen MR) is 161 cm³/mol. The second kappa shape index (κ2) is 12.4. The molecule has 12 heteroatoms. The Morgan fingerprint density at radius 1 is 0.976 bits per heavy atom. The highest BCUT2D eigenvalue weighted by molar-refractivity contribution is 6.07. The number of pyridine rings is 1. The van der Waals surface area contributed by atoms with Crippen molar-refractivity contribution < 1.29 is 19.0 Å². The van der Waals surface area contributed by atoms with Crippen molar-refractivity contribution >= 4 is 34.3 Å². The molecule has 42 heavy (non-hydrogen) atoms. The summed E-state index contributed by atoms with van der Waals surface area (Å²) in [7, 11) is 6.46. The van der Waals surface area contributed by atoms with Crippen LogP contribution in [0.5, 0.6) is 17.4 Å². The molecule has 0 atom stereocenters. The van der Waals surface area contributed by atoms with E-state index in [4.69, 9.17) is 19.3 Å². The van der Waals surface area contributed by atoms with Gasteiger partial charge in [0.25, 0.3) is 0 Å². The number of aryl methyl sites for hydroxylation is 1. The predicted octanol–water partition coefficient (Wildman–Crippen LogP) is 4.88. The van der Waals surface area contributed by atoms with Crippen molar-refractivity contribution in [1.82, 2.24) is 24.7 Å². The number of aromatic nitrogens is 5. The van der Waals surface area contributed by atoms with Gasteiger partial charge in [0.15, 0.2) is 0 Å². The summed E-state index contributed by atoms with van der Waals surface area (Å²) in [6.45, 7) is 2.82. The van der Waals surface area contributed by atoms with Gasteiger partial charge in [0.2, 0.25) is 5.88 Å². The monoisotopic (exact) mass is 568 g/mol. The number of carbonyl (C=O) groups excluding carboxylic acids is 1. The Bertz CT molecular complexity index is 1720. The number of anilines is 3. The van der Waals surface area contributed by atoms with Crippen molar-refractivity contribution in [2.75, 3.05) is 43.9 Å². The molecule has 0 saturated carbocycles. The number of hydrogen-bond donors (Lipinski definition) is 2. The zero-order valence-electron chi connectivity index (χ0n) is 24.1. The number of benzene rings is 2. The SMILES string of the molecule is COc1ccc(CNc2cc(N(C)C(=O)Nc3cccc4c3c(C)nn4Cc3cccc(OC)n3)ncn2)c(OC)c1. The molecule has 0 spiro atoms. The summed E-state index contributed by atoms with van der Waals surface area (Å²) in [6.07, 6.45) is 1.41. The zero-order chi connectivity index (χ0) is 29.6. The Hall–Kier alpha value is -5.39. The average molecular weight is 569 g/mol. The summed E-state index contributed by atoms with van der Waals surface area (Å²) in [5, 5.41) is 11.8. The summed E-state index contributed by atoms with van der Waals surface area (Å²) >= 11 is 0. The van der Waals surface area contributed by atoms with E-state index in [0.717, 1.165) is 27.9 Å². The molecule has 0 bridgehead atoms. The minimum absolute atomic E-state index is 0.356. The topological polar surface area (TPSA) is 129 Å². The van der Waals surface area contributed by atoms with E-state index in [0.29, 0.717) is 47.8 Å². The maximum absolute atomic E-state index is 13.3. The number of fused-ring (bicyclic) bond motifs is 1. The first kappa shape index (κ1) is 28.1. The Labute approximate surface area is 243 Å². The van der Waals surface area contributed by atoms with E-state index in [1.807, 2.05) is 60.1 Å². The summed E-state index contributed by atoms with van der Waals surface area (Å²) in [5.74, 6) is 2.93. The molecule has 3 aromatic heterocycles. The molecule has 0 aliphatic carbocycles. The summed E-state index contributed by atoms with van der Waals surface area (Å²) < 4.78 is 17.9. The van der Waals surface area contributed by atoms with Crippen LogP contribution in [0.1, 0.15) is 17.0 Å². The van der Waals surface area contributed by atoms with Gasteiger partial charge in [-0.2, -0.15) is 5.10 Å². The Morgan fingerprint density at radius 3 is 2.60 bits per heavy atom. The van der Waals surface area contributed by atoms with Crippen LogP contribution in [0.15, 0.2) is 67.0 Å². The third-order valence-electron chi connectivity index (χ3n) is 6.75. The molecule has 12 nitrogen and oxygen atoms in total. The molecule has 0 radical (unpaired) electrons. The minimum Gasteiger partial charge on any atom is -0.497 e. The smallest absolute Gasteiger partial charge is 0.327 e. The number of ether oxygens (including phenoxy) is 3. The van der Waals surface area contributed by atoms with E-state index < -0.39 is 0 Å². The van der Waals surface area contributed by atoms with Crippen molar-refractivity contribution in [3.05, 3.63) is 83.9 Å². The van der Waals surface area contributed by atoms with E-state index in [2.05, 4.69) is 25.6 Å². The first-order valence-electron chi connectivity index (χ1n) is 13.2. The van der Waals surface area contributed by atoms with Gasteiger partial charge in [-0.25, -0.2) is 19.7 Å². The summed E-state index contributed by atoms with van der Waals surface area (Å²) in [6, 6.07) is 18.3. The highest BCUT2D eigenvalue weighted by Crippen LogP contribution is 2.29. The normalized spacial score (nSPS) is 10.8. The molecule has 0 fully saturated rings. The van der Waals surface area contributed by atoms with Gasteiger partial charge in [0, 0.05) is 42.7 Å². The van der Waals surface area contributed by atoms with Crippen molar-refractivity contribution in [2.45, 2.75) is 20.0 Å². The van der Waals surface area contributed by atoms with Gasteiger partial charge in [0.05, 0.1) is 50.5 Å². The second-order valence-electron chi connectivity index (χ2n) is 9.40. The highest BCUT2D eigenvalue weighted by Gasteiger charge is 2.18. The van der Waals surface area contributed by atoms with Crippen LogP contribution >= 0.6 is 0 Å². The molecular formula is C30H32N8O4. The summed E-state index contributed by atoms with van der Waals surface area (Å²) in [4.78, 5) is 27.8. The molecule has 216 valence electrons. The van der Waals surface area contributed by atoms with Crippen LogP contribution in [0.4, 0.5) is 22.1 Å². The van der Waals surface area contributed by atoms with Crippen LogP contribution < -0.4 is 29.7 Å². The number of nitrogens with zero attached hydrogens (tertiary/aromatic N) is 6.